The Kier molecular flexibility index (Phi) is 5.02. The second-order valence-corrected chi connectivity index (χ2v) is 8.14. The standard InChI is InChI=1S/C20H30N4O2/c1-22-10-3-5-18(22)20(26)23-12-8-17(9-13-23)24-11-2-4-15(14-24)19(25)21-16-6-7-16/h3,5,10,15-17H,2,4,6-9,11-14H2,1H3,(H,21,25)/t15-/m1/s1. The normalized spacial score (nSPS) is 25.3. The quantitative estimate of drug-likeness (QED) is 0.890. The number of rotatable bonds is 4. The van der Waals surface area contributed by atoms with Crippen LogP contribution in [-0.2, 0) is 11.8 Å². The van der Waals surface area contributed by atoms with Crippen molar-refractivity contribution in [2.24, 2.45) is 13.0 Å². The van der Waals surface area contributed by atoms with Gasteiger partial charge in [0.05, 0.1) is 5.92 Å². The fourth-order valence-electron chi connectivity index (χ4n) is 4.38. The Balaban J connectivity index is 1.29. The lowest BCUT2D eigenvalue weighted by Crippen LogP contribution is -2.51. The van der Waals surface area contributed by atoms with E-state index in [1.54, 1.807) is 0 Å². The summed E-state index contributed by atoms with van der Waals surface area (Å²) < 4.78 is 1.89. The topological polar surface area (TPSA) is 57.6 Å². The maximum Gasteiger partial charge on any atom is 0.270 e. The molecule has 6 heteroatoms. The molecule has 6 nitrogen and oxygen atoms in total. The molecule has 142 valence electrons. The second kappa shape index (κ2) is 7.43. The van der Waals surface area contributed by atoms with E-state index in [1.807, 2.05) is 34.8 Å². The van der Waals surface area contributed by atoms with E-state index in [0.29, 0.717) is 12.1 Å². The van der Waals surface area contributed by atoms with E-state index < -0.39 is 0 Å². The number of aromatic nitrogens is 1. The van der Waals surface area contributed by atoms with Crippen LogP contribution in [0.1, 0.15) is 49.0 Å². The van der Waals surface area contributed by atoms with Gasteiger partial charge in [-0.05, 0) is 57.2 Å². The van der Waals surface area contributed by atoms with Gasteiger partial charge in [-0.3, -0.25) is 14.5 Å². The Morgan fingerprint density at radius 1 is 1.08 bits per heavy atom. The third kappa shape index (κ3) is 3.80. The van der Waals surface area contributed by atoms with Crippen molar-refractivity contribution in [1.82, 2.24) is 19.7 Å². The molecule has 2 amide bonds. The van der Waals surface area contributed by atoms with Crippen LogP contribution in [0.15, 0.2) is 18.3 Å². The minimum atomic E-state index is 0.135. The average Bonchev–Trinajstić information content (AvgIpc) is 3.39. The number of carbonyl (C=O) groups is 2. The molecule has 0 spiro atoms. The number of nitrogens with zero attached hydrogens (tertiary/aromatic N) is 3. The molecule has 26 heavy (non-hydrogen) atoms. The molecule has 1 saturated carbocycles. The summed E-state index contributed by atoms with van der Waals surface area (Å²) in [5.41, 5.74) is 0.762. The fraction of sp³-hybridized carbons (Fsp3) is 0.700. The van der Waals surface area contributed by atoms with Gasteiger partial charge >= 0.3 is 0 Å². The molecule has 3 heterocycles. The molecule has 0 bridgehead atoms. The van der Waals surface area contributed by atoms with Crippen molar-refractivity contribution < 1.29 is 9.59 Å². The van der Waals surface area contributed by atoms with Crippen LogP contribution in [0.25, 0.3) is 0 Å². The van der Waals surface area contributed by atoms with Crippen molar-refractivity contribution in [3.05, 3.63) is 24.0 Å². The number of carbonyl (C=O) groups excluding carboxylic acids is 2. The van der Waals surface area contributed by atoms with E-state index in [4.69, 9.17) is 0 Å². The van der Waals surface area contributed by atoms with Crippen LogP contribution in [0.2, 0.25) is 0 Å². The van der Waals surface area contributed by atoms with Crippen LogP contribution in [0.4, 0.5) is 0 Å². The molecule has 0 unspecified atom stereocenters. The van der Waals surface area contributed by atoms with Gasteiger partial charge < -0.3 is 14.8 Å². The Bertz CT molecular complexity index is 659. The fourth-order valence-corrected chi connectivity index (χ4v) is 4.38. The molecule has 4 rings (SSSR count). The van der Waals surface area contributed by atoms with Crippen molar-refractivity contribution in [3.8, 4) is 0 Å². The molecule has 3 aliphatic rings. The highest BCUT2D eigenvalue weighted by atomic mass is 16.2. The van der Waals surface area contributed by atoms with E-state index in [9.17, 15) is 9.59 Å². The number of amides is 2. The van der Waals surface area contributed by atoms with Gasteiger partial charge in [0.1, 0.15) is 5.69 Å². The van der Waals surface area contributed by atoms with Crippen molar-refractivity contribution >= 4 is 11.8 Å². The number of aryl methyl sites for hydroxylation is 1. The number of hydrogen-bond acceptors (Lipinski definition) is 3. The molecule has 1 aromatic rings. The highest BCUT2D eigenvalue weighted by Crippen LogP contribution is 2.26. The second-order valence-electron chi connectivity index (χ2n) is 8.14. The first-order valence-electron chi connectivity index (χ1n) is 10.1. The van der Waals surface area contributed by atoms with E-state index in [1.165, 1.54) is 0 Å². The summed E-state index contributed by atoms with van der Waals surface area (Å²) in [6, 6.07) is 4.76. The minimum Gasteiger partial charge on any atom is -0.353 e. The van der Waals surface area contributed by atoms with Gasteiger partial charge in [-0.15, -0.1) is 0 Å². The Morgan fingerprint density at radius 2 is 1.85 bits per heavy atom. The third-order valence-electron chi connectivity index (χ3n) is 6.18. The zero-order chi connectivity index (χ0) is 18.1. The summed E-state index contributed by atoms with van der Waals surface area (Å²) in [7, 11) is 1.92. The molecule has 1 atom stereocenters. The largest absolute Gasteiger partial charge is 0.353 e. The Labute approximate surface area is 155 Å². The van der Waals surface area contributed by atoms with Crippen molar-refractivity contribution in [2.75, 3.05) is 26.2 Å². The third-order valence-corrected chi connectivity index (χ3v) is 6.18. The highest BCUT2D eigenvalue weighted by molar-refractivity contribution is 5.92. The van der Waals surface area contributed by atoms with Crippen LogP contribution in [0, 0.1) is 5.92 Å². The molecule has 3 fully saturated rings. The first-order valence-corrected chi connectivity index (χ1v) is 10.1. The molecular formula is C20H30N4O2. The van der Waals surface area contributed by atoms with Gasteiger partial charge in [0.2, 0.25) is 5.91 Å². The lowest BCUT2D eigenvalue weighted by molar-refractivity contribution is -0.127. The lowest BCUT2D eigenvalue weighted by atomic mass is 9.93. The van der Waals surface area contributed by atoms with E-state index in [0.717, 1.165) is 70.4 Å². The summed E-state index contributed by atoms with van der Waals surface area (Å²) in [4.78, 5) is 29.5. The summed E-state index contributed by atoms with van der Waals surface area (Å²) in [6.07, 6.45) is 8.34. The Morgan fingerprint density at radius 3 is 2.50 bits per heavy atom. The SMILES string of the molecule is Cn1cccc1C(=O)N1CCC(N2CCC[C@@H](C(=O)NC3CC3)C2)CC1. The lowest BCUT2D eigenvalue weighted by Gasteiger charge is -2.42. The van der Waals surface area contributed by atoms with Crippen LogP contribution in [0.3, 0.4) is 0 Å². The zero-order valence-electron chi connectivity index (χ0n) is 15.7. The van der Waals surface area contributed by atoms with Gasteiger partial charge in [0.25, 0.3) is 5.91 Å². The van der Waals surface area contributed by atoms with Crippen LogP contribution in [-0.4, -0.2) is 64.4 Å². The molecular weight excluding hydrogens is 328 g/mol. The molecule has 0 aromatic carbocycles. The van der Waals surface area contributed by atoms with Crippen molar-refractivity contribution in [1.29, 1.82) is 0 Å². The molecule has 2 aliphatic heterocycles. The summed E-state index contributed by atoms with van der Waals surface area (Å²) in [5, 5.41) is 3.17. The number of likely N-dealkylation sites (tertiary alicyclic amines) is 2. The number of piperidine rings is 2. The van der Waals surface area contributed by atoms with Crippen molar-refractivity contribution in [2.45, 2.75) is 50.6 Å². The average molecular weight is 358 g/mol. The maximum absolute atomic E-state index is 12.7. The van der Waals surface area contributed by atoms with E-state index in [-0.39, 0.29) is 17.7 Å². The summed E-state index contributed by atoms with van der Waals surface area (Å²) in [5.74, 6) is 0.539. The Hall–Kier alpha value is -1.82. The molecule has 1 aliphatic carbocycles. The predicted octanol–water partition coefficient (Wildman–Crippen LogP) is 1.62. The maximum atomic E-state index is 12.7. The summed E-state index contributed by atoms with van der Waals surface area (Å²) in [6.45, 7) is 3.59. The van der Waals surface area contributed by atoms with Crippen LogP contribution < -0.4 is 5.32 Å². The number of nitrogens with one attached hydrogen (secondary N) is 1. The number of hydrogen-bond donors (Lipinski definition) is 1. The minimum absolute atomic E-state index is 0.135. The molecule has 2 saturated heterocycles. The van der Waals surface area contributed by atoms with Crippen LogP contribution in [0.5, 0.6) is 0 Å². The van der Waals surface area contributed by atoms with Crippen LogP contribution >= 0.6 is 0 Å². The van der Waals surface area contributed by atoms with Crippen molar-refractivity contribution in [3.63, 3.8) is 0 Å². The molecule has 0 radical (unpaired) electrons. The first kappa shape index (κ1) is 17.6. The highest BCUT2D eigenvalue weighted by Gasteiger charge is 2.34. The van der Waals surface area contributed by atoms with Gasteiger partial charge in [-0.25, -0.2) is 0 Å². The smallest absolute Gasteiger partial charge is 0.270 e. The van der Waals surface area contributed by atoms with E-state index >= 15 is 0 Å². The summed E-state index contributed by atoms with van der Waals surface area (Å²) >= 11 is 0. The predicted molar refractivity (Wildman–Crippen MR) is 99.8 cm³/mol. The monoisotopic (exact) mass is 358 g/mol. The zero-order valence-corrected chi connectivity index (χ0v) is 15.7. The van der Waals surface area contributed by atoms with E-state index in [2.05, 4.69) is 10.2 Å². The first-order chi connectivity index (χ1) is 12.6. The molecule has 1 aromatic heterocycles. The van der Waals surface area contributed by atoms with Gasteiger partial charge in [0, 0.05) is 45.0 Å². The van der Waals surface area contributed by atoms with Gasteiger partial charge in [0.15, 0.2) is 0 Å². The van der Waals surface area contributed by atoms with Gasteiger partial charge in [-0.1, -0.05) is 0 Å². The molecule has 1 N–H and O–H groups in total. The van der Waals surface area contributed by atoms with Gasteiger partial charge in [-0.2, -0.15) is 0 Å².